The SMILES string of the molecule is CCOC1CCN(c2ccc(C#N)c(Br)c2F)CC1. The second-order valence-electron chi connectivity index (χ2n) is 4.51. The van der Waals surface area contributed by atoms with Crippen molar-refractivity contribution in [2.75, 3.05) is 24.6 Å². The lowest BCUT2D eigenvalue weighted by atomic mass is 10.1. The molecule has 3 nitrogen and oxygen atoms in total. The summed E-state index contributed by atoms with van der Waals surface area (Å²) in [5, 5.41) is 8.86. The first-order valence-corrected chi connectivity index (χ1v) is 7.21. The number of nitriles is 1. The molecule has 0 N–H and O–H groups in total. The second kappa shape index (κ2) is 6.36. The normalized spacial score (nSPS) is 16.4. The van der Waals surface area contributed by atoms with Crippen molar-refractivity contribution in [3.8, 4) is 6.07 Å². The lowest BCUT2D eigenvalue weighted by Crippen LogP contribution is -2.37. The highest BCUT2D eigenvalue weighted by Crippen LogP contribution is 2.31. The average Bonchev–Trinajstić information content (AvgIpc) is 2.43. The summed E-state index contributed by atoms with van der Waals surface area (Å²) >= 11 is 3.15. The molecule has 1 aromatic rings. The average molecular weight is 327 g/mol. The highest BCUT2D eigenvalue weighted by atomic mass is 79.9. The van der Waals surface area contributed by atoms with E-state index < -0.39 is 0 Å². The third-order valence-electron chi connectivity index (χ3n) is 3.37. The lowest BCUT2D eigenvalue weighted by molar-refractivity contribution is 0.0458. The third kappa shape index (κ3) is 3.07. The Hall–Kier alpha value is -1.12. The summed E-state index contributed by atoms with van der Waals surface area (Å²) in [6.45, 7) is 4.27. The number of ether oxygens (including phenoxy) is 1. The molecule has 102 valence electrons. The number of hydrogen-bond donors (Lipinski definition) is 0. The van der Waals surface area contributed by atoms with E-state index in [-0.39, 0.29) is 16.4 Å². The molecule has 0 saturated carbocycles. The molecule has 1 fully saturated rings. The van der Waals surface area contributed by atoms with Crippen LogP contribution in [0.25, 0.3) is 0 Å². The third-order valence-corrected chi connectivity index (χ3v) is 4.14. The topological polar surface area (TPSA) is 36.3 Å². The van der Waals surface area contributed by atoms with Gasteiger partial charge in [0.05, 0.1) is 21.8 Å². The van der Waals surface area contributed by atoms with Gasteiger partial charge in [-0.05, 0) is 47.8 Å². The number of benzene rings is 1. The molecule has 5 heteroatoms. The van der Waals surface area contributed by atoms with Gasteiger partial charge in [-0.2, -0.15) is 5.26 Å². The van der Waals surface area contributed by atoms with E-state index in [1.54, 1.807) is 12.1 Å². The van der Waals surface area contributed by atoms with Crippen LogP contribution in [-0.2, 0) is 4.74 Å². The van der Waals surface area contributed by atoms with E-state index in [2.05, 4.69) is 15.9 Å². The summed E-state index contributed by atoms with van der Waals surface area (Å²) in [5.41, 5.74) is 0.881. The number of halogens is 2. The Morgan fingerprint density at radius 2 is 2.16 bits per heavy atom. The first kappa shape index (κ1) is 14.3. The Labute approximate surface area is 121 Å². The van der Waals surface area contributed by atoms with E-state index in [9.17, 15) is 4.39 Å². The van der Waals surface area contributed by atoms with Crippen molar-refractivity contribution in [1.29, 1.82) is 5.26 Å². The Morgan fingerprint density at radius 3 is 2.74 bits per heavy atom. The Balaban J connectivity index is 2.12. The fraction of sp³-hybridized carbons (Fsp3) is 0.500. The molecule has 0 spiro atoms. The summed E-state index contributed by atoms with van der Waals surface area (Å²) in [4.78, 5) is 2.01. The fourth-order valence-corrected chi connectivity index (χ4v) is 2.79. The van der Waals surface area contributed by atoms with Crippen molar-refractivity contribution in [1.82, 2.24) is 0 Å². The van der Waals surface area contributed by atoms with E-state index in [4.69, 9.17) is 10.00 Å². The van der Waals surface area contributed by atoms with E-state index in [1.165, 1.54) is 0 Å². The minimum Gasteiger partial charge on any atom is -0.378 e. The summed E-state index contributed by atoms with van der Waals surface area (Å²) < 4.78 is 20.0. The molecule has 1 heterocycles. The van der Waals surface area contributed by atoms with Gasteiger partial charge < -0.3 is 9.64 Å². The zero-order chi connectivity index (χ0) is 13.8. The molecule has 19 heavy (non-hydrogen) atoms. The van der Waals surface area contributed by atoms with Gasteiger partial charge in [0.2, 0.25) is 0 Å². The number of piperidine rings is 1. The van der Waals surface area contributed by atoms with Crippen LogP contribution in [0.4, 0.5) is 10.1 Å². The summed E-state index contributed by atoms with van der Waals surface area (Å²) in [6, 6.07) is 5.29. The van der Waals surface area contributed by atoms with Crippen LogP contribution in [0.15, 0.2) is 16.6 Å². The molecule has 1 aromatic carbocycles. The zero-order valence-electron chi connectivity index (χ0n) is 10.8. The van der Waals surface area contributed by atoms with Crippen LogP contribution in [0.5, 0.6) is 0 Å². The molecule has 0 bridgehead atoms. The monoisotopic (exact) mass is 326 g/mol. The maximum atomic E-state index is 14.2. The molecular weight excluding hydrogens is 311 g/mol. The number of rotatable bonds is 3. The van der Waals surface area contributed by atoms with Crippen molar-refractivity contribution in [3.05, 3.63) is 28.0 Å². The fourth-order valence-electron chi connectivity index (χ4n) is 2.37. The Bertz CT molecular complexity index is 493. The number of anilines is 1. The Kier molecular flexibility index (Phi) is 4.78. The van der Waals surface area contributed by atoms with Crippen LogP contribution in [-0.4, -0.2) is 25.8 Å². The summed E-state index contributed by atoms with van der Waals surface area (Å²) in [5.74, 6) is -0.353. The molecule has 1 saturated heterocycles. The van der Waals surface area contributed by atoms with E-state index >= 15 is 0 Å². The van der Waals surface area contributed by atoms with E-state index in [0.29, 0.717) is 11.3 Å². The molecule has 0 aliphatic carbocycles. The van der Waals surface area contributed by atoms with Crippen LogP contribution in [0.2, 0.25) is 0 Å². The largest absolute Gasteiger partial charge is 0.378 e. The van der Waals surface area contributed by atoms with Gasteiger partial charge in [-0.1, -0.05) is 0 Å². The first-order valence-electron chi connectivity index (χ1n) is 6.42. The second-order valence-corrected chi connectivity index (χ2v) is 5.31. The zero-order valence-corrected chi connectivity index (χ0v) is 12.4. The van der Waals surface area contributed by atoms with Crippen LogP contribution in [0.3, 0.4) is 0 Å². The number of hydrogen-bond acceptors (Lipinski definition) is 3. The lowest BCUT2D eigenvalue weighted by Gasteiger charge is -2.33. The van der Waals surface area contributed by atoms with Gasteiger partial charge in [0.25, 0.3) is 0 Å². The van der Waals surface area contributed by atoms with E-state index in [1.807, 2.05) is 17.9 Å². The van der Waals surface area contributed by atoms with Gasteiger partial charge >= 0.3 is 0 Å². The van der Waals surface area contributed by atoms with Crippen LogP contribution in [0, 0.1) is 17.1 Å². The molecule has 2 rings (SSSR count). The highest BCUT2D eigenvalue weighted by Gasteiger charge is 2.23. The molecule has 0 amide bonds. The van der Waals surface area contributed by atoms with Gasteiger partial charge in [0.15, 0.2) is 5.82 Å². The summed E-state index contributed by atoms with van der Waals surface area (Å²) in [6.07, 6.45) is 2.10. The quantitative estimate of drug-likeness (QED) is 0.853. The van der Waals surface area contributed by atoms with Crippen LogP contribution < -0.4 is 4.90 Å². The molecule has 0 atom stereocenters. The van der Waals surface area contributed by atoms with Gasteiger partial charge in [-0.15, -0.1) is 0 Å². The predicted molar refractivity (Wildman–Crippen MR) is 75.7 cm³/mol. The molecule has 0 aromatic heterocycles. The molecule has 1 aliphatic rings. The predicted octanol–water partition coefficient (Wildman–Crippen LogP) is 3.47. The van der Waals surface area contributed by atoms with Gasteiger partial charge in [0, 0.05) is 19.7 Å². The van der Waals surface area contributed by atoms with Crippen molar-refractivity contribution in [2.24, 2.45) is 0 Å². The summed E-state index contributed by atoms with van der Waals surface area (Å²) in [7, 11) is 0. The standard InChI is InChI=1S/C14H16BrFN2O/c1-2-19-11-5-7-18(8-6-11)12-4-3-10(9-17)13(15)14(12)16/h3-4,11H,2,5-8H2,1H3. The maximum absolute atomic E-state index is 14.2. The first-order chi connectivity index (χ1) is 9.17. The van der Waals surface area contributed by atoms with Crippen molar-refractivity contribution >= 4 is 21.6 Å². The number of nitrogens with zero attached hydrogens (tertiary/aromatic N) is 2. The molecule has 0 radical (unpaired) electrons. The maximum Gasteiger partial charge on any atom is 0.161 e. The van der Waals surface area contributed by atoms with Crippen molar-refractivity contribution in [3.63, 3.8) is 0 Å². The molecule has 0 unspecified atom stereocenters. The van der Waals surface area contributed by atoms with Crippen LogP contribution >= 0.6 is 15.9 Å². The minimum atomic E-state index is -0.353. The van der Waals surface area contributed by atoms with Crippen molar-refractivity contribution in [2.45, 2.75) is 25.9 Å². The Morgan fingerprint density at radius 1 is 1.47 bits per heavy atom. The van der Waals surface area contributed by atoms with Gasteiger partial charge in [-0.25, -0.2) is 4.39 Å². The van der Waals surface area contributed by atoms with E-state index in [0.717, 1.165) is 32.5 Å². The van der Waals surface area contributed by atoms with Gasteiger partial charge in [0.1, 0.15) is 6.07 Å². The van der Waals surface area contributed by atoms with Crippen LogP contribution in [0.1, 0.15) is 25.3 Å². The van der Waals surface area contributed by atoms with Gasteiger partial charge in [-0.3, -0.25) is 0 Å². The molecular formula is C14H16BrFN2O. The highest BCUT2D eigenvalue weighted by molar-refractivity contribution is 9.10. The molecule has 1 aliphatic heterocycles. The smallest absolute Gasteiger partial charge is 0.161 e. The van der Waals surface area contributed by atoms with Crippen molar-refractivity contribution < 1.29 is 9.13 Å². The minimum absolute atomic E-state index is 0.249.